The number of nitrogens with zero attached hydrogens (tertiary/aromatic N) is 1. The zero-order valence-electron chi connectivity index (χ0n) is 19.1. The Balaban J connectivity index is 1.69. The van der Waals surface area contributed by atoms with E-state index in [0.717, 1.165) is 16.2 Å². The van der Waals surface area contributed by atoms with Gasteiger partial charge in [0, 0.05) is 0 Å². The second-order valence-corrected chi connectivity index (χ2v) is 9.45. The number of hydroxylamine groups is 1. The minimum absolute atomic E-state index is 0.180. The minimum Gasteiger partial charge on any atom is -0.316 e. The van der Waals surface area contributed by atoms with Gasteiger partial charge in [-0.05, 0) is 54.7 Å². The number of hydrogen-bond acceptors (Lipinski definition) is 5. The average Bonchev–Trinajstić information content (AvgIpc) is 2.81. The van der Waals surface area contributed by atoms with E-state index in [0.29, 0.717) is 12.1 Å². The van der Waals surface area contributed by atoms with Crippen LogP contribution >= 0.6 is 7.82 Å². The molecule has 0 aromatic heterocycles. The van der Waals surface area contributed by atoms with Crippen molar-refractivity contribution in [2.45, 2.75) is 25.8 Å². The second-order valence-electron chi connectivity index (χ2n) is 8.21. The summed E-state index contributed by atoms with van der Waals surface area (Å²) in [5.74, 6) is -0.693. The predicted molar refractivity (Wildman–Crippen MR) is 131 cm³/mol. The van der Waals surface area contributed by atoms with Crippen LogP contribution in [-0.2, 0) is 25.1 Å². The highest BCUT2D eigenvalue weighted by Crippen LogP contribution is 2.36. The minimum atomic E-state index is -4.79. The van der Waals surface area contributed by atoms with Crippen molar-refractivity contribution < 1.29 is 28.5 Å². The molecule has 9 heteroatoms. The summed E-state index contributed by atoms with van der Waals surface area (Å²) in [7, 11) is -4.79. The van der Waals surface area contributed by atoms with Crippen LogP contribution in [0.1, 0.15) is 18.1 Å². The molecule has 34 heavy (non-hydrogen) atoms. The standard InChI is InChI=1S/C25H29N2O6P/c1-19-8-6-7-11-23(19)21-14-12-20(13-15-21)16-17-32-27(22-9-4-3-5-10-22)24(28)25(2,26)18-33-34(29,30)31/h3-15H,16-18,26H2,1-2H3,(H2,29,30,31). The molecular formula is C25H29N2O6P. The molecule has 0 radical (unpaired) electrons. The number of benzene rings is 3. The summed E-state index contributed by atoms with van der Waals surface area (Å²) in [6.07, 6.45) is 0.533. The first-order valence-electron chi connectivity index (χ1n) is 10.7. The molecule has 0 bridgehead atoms. The first-order valence-corrected chi connectivity index (χ1v) is 12.3. The molecule has 0 fully saturated rings. The number of anilines is 1. The predicted octanol–water partition coefficient (Wildman–Crippen LogP) is 4.00. The quantitative estimate of drug-likeness (QED) is 0.294. The maximum Gasteiger partial charge on any atom is 0.469 e. The number of phosphoric ester groups is 1. The Kier molecular flexibility index (Phi) is 8.38. The van der Waals surface area contributed by atoms with E-state index in [4.69, 9.17) is 20.4 Å². The molecule has 3 aromatic carbocycles. The summed E-state index contributed by atoms with van der Waals surface area (Å²) in [5, 5.41) is 1.05. The number of para-hydroxylation sites is 1. The van der Waals surface area contributed by atoms with Crippen molar-refractivity contribution in [1.29, 1.82) is 0 Å². The van der Waals surface area contributed by atoms with Crippen LogP contribution in [0.3, 0.4) is 0 Å². The number of hydrogen-bond donors (Lipinski definition) is 3. The highest BCUT2D eigenvalue weighted by Gasteiger charge is 2.37. The van der Waals surface area contributed by atoms with Crippen LogP contribution in [0.25, 0.3) is 11.1 Å². The van der Waals surface area contributed by atoms with Gasteiger partial charge in [-0.25, -0.2) is 4.57 Å². The van der Waals surface area contributed by atoms with Crippen LogP contribution in [0.5, 0.6) is 0 Å². The molecule has 4 N–H and O–H groups in total. The van der Waals surface area contributed by atoms with Gasteiger partial charge in [-0.15, -0.1) is 0 Å². The molecule has 1 unspecified atom stereocenters. The number of nitrogens with two attached hydrogens (primary N) is 1. The fraction of sp³-hybridized carbons (Fsp3) is 0.240. The van der Waals surface area contributed by atoms with Crippen molar-refractivity contribution >= 4 is 19.4 Å². The SMILES string of the molecule is Cc1ccccc1-c1ccc(CCON(C(=O)C(C)(N)COP(=O)(O)O)c2ccccc2)cc1. The first-order chi connectivity index (χ1) is 16.1. The molecule has 0 aliphatic heterocycles. The van der Waals surface area contributed by atoms with Crippen LogP contribution in [-0.4, -0.2) is 34.4 Å². The highest BCUT2D eigenvalue weighted by atomic mass is 31.2. The van der Waals surface area contributed by atoms with Gasteiger partial charge in [-0.1, -0.05) is 66.7 Å². The molecule has 8 nitrogen and oxygen atoms in total. The Morgan fingerprint density at radius 3 is 2.24 bits per heavy atom. The summed E-state index contributed by atoms with van der Waals surface area (Å²) >= 11 is 0. The van der Waals surface area contributed by atoms with Crippen molar-refractivity contribution in [2.24, 2.45) is 5.73 Å². The molecule has 180 valence electrons. The van der Waals surface area contributed by atoms with Crippen molar-refractivity contribution in [3.8, 4) is 11.1 Å². The van der Waals surface area contributed by atoms with E-state index in [1.807, 2.05) is 36.4 Å². The summed E-state index contributed by atoms with van der Waals surface area (Å²) in [6, 6.07) is 24.9. The van der Waals surface area contributed by atoms with E-state index in [1.54, 1.807) is 30.3 Å². The molecule has 0 saturated heterocycles. The third kappa shape index (κ3) is 7.08. The van der Waals surface area contributed by atoms with E-state index in [2.05, 4.69) is 23.6 Å². The fourth-order valence-corrected chi connectivity index (χ4v) is 3.76. The smallest absolute Gasteiger partial charge is 0.316 e. The van der Waals surface area contributed by atoms with Crippen LogP contribution in [0.2, 0.25) is 0 Å². The number of carbonyl (C=O) groups excluding carboxylic acids is 1. The van der Waals surface area contributed by atoms with E-state index in [1.165, 1.54) is 18.1 Å². The Hall–Kier alpha value is -2.84. The van der Waals surface area contributed by atoms with Gasteiger partial charge in [-0.3, -0.25) is 14.2 Å². The van der Waals surface area contributed by atoms with Crippen LogP contribution in [0.15, 0.2) is 78.9 Å². The average molecular weight is 484 g/mol. The van der Waals surface area contributed by atoms with Gasteiger partial charge in [0.05, 0.1) is 18.9 Å². The topological polar surface area (TPSA) is 122 Å². The third-order valence-corrected chi connectivity index (χ3v) is 5.68. The van der Waals surface area contributed by atoms with Gasteiger partial charge in [-0.2, -0.15) is 5.06 Å². The van der Waals surface area contributed by atoms with Gasteiger partial charge in [0.2, 0.25) is 0 Å². The maximum atomic E-state index is 13.1. The number of phosphoric acid groups is 1. The van der Waals surface area contributed by atoms with Gasteiger partial charge < -0.3 is 15.5 Å². The van der Waals surface area contributed by atoms with Crippen molar-refractivity contribution in [2.75, 3.05) is 18.3 Å². The molecule has 0 spiro atoms. The molecule has 0 heterocycles. The number of aryl methyl sites for hydroxylation is 1. The maximum absolute atomic E-state index is 13.1. The lowest BCUT2D eigenvalue weighted by atomic mass is 9.99. The summed E-state index contributed by atoms with van der Waals surface area (Å²) < 4.78 is 15.5. The van der Waals surface area contributed by atoms with E-state index < -0.39 is 25.9 Å². The molecule has 1 amide bonds. The van der Waals surface area contributed by atoms with Crippen LogP contribution < -0.4 is 10.8 Å². The monoisotopic (exact) mass is 484 g/mol. The lowest BCUT2D eigenvalue weighted by Gasteiger charge is -2.30. The number of amides is 1. The molecule has 0 saturated carbocycles. The number of rotatable bonds is 10. The van der Waals surface area contributed by atoms with Gasteiger partial charge in [0.1, 0.15) is 5.54 Å². The van der Waals surface area contributed by atoms with E-state index >= 15 is 0 Å². The summed E-state index contributed by atoms with van der Waals surface area (Å²) in [4.78, 5) is 36.8. The second kappa shape index (κ2) is 11.1. The Morgan fingerprint density at radius 2 is 1.62 bits per heavy atom. The Bertz CT molecular complexity index is 1150. The molecule has 3 rings (SSSR count). The largest absolute Gasteiger partial charge is 0.469 e. The zero-order valence-corrected chi connectivity index (χ0v) is 20.0. The lowest BCUT2D eigenvalue weighted by Crippen LogP contribution is -2.56. The third-order valence-electron chi connectivity index (χ3n) is 5.22. The summed E-state index contributed by atoms with van der Waals surface area (Å²) in [6.45, 7) is 2.90. The van der Waals surface area contributed by atoms with Crippen molar-refractivity contribution in [3.05, 3.63) is 90.0 Å². The van der Waals surface area contributed by atoms with Gasteiger partial charge in [0.15, 0.2) is 0 Å². The van der Waals surface area contributed by atoms with Crippen molar-refractivity contribution in [1.82, 2.24) is 0 Å². The fourth-order valence-electron chi connectivity index (χ4n) is 3.33. The van der Waals surface area contributed by atoms with E-state index in [-0.39, 0.29) is 6.61 Å². The zero-order chi connectivity index (χ0) is 24.8. The molecule has 0 aliphatic carbocycles. The van der Waals surface area contributed by atoms with Gasteiger partial charge >= 0.3 is 7.82 Å². The van der Waals surface area contributed by atoms with Crippen LogP contribution in [0.4, 0.5) is 5.69 Å². The molecule has 3 aromatic rings. The summed E-state index contributed by atoms with van der Waals surface area (Å²) in [5.41, 5.74) is 9.26. The number of carbonyl (C=O) groups is 1. The molecule has 0 aliphatic rings. The van der Waals surface area contributed by atoms with Crippen LogP contribution in [0, 0.1) is 6.92 Å². The molecule has 1 atom stereocenters. The molecular weight excluding hydrogens is 455 g/mol. The Labute approximate surface area is 199 Å². The van der Waals surface area contributed by atoms with Gasteiger partial charge in [0.25, 0.3) is 5.91 Å². The van der Waals surface area contributed by atoms with Crippen molar-refractivity contribution in [3.63, 3.8) is 0 Å². The van der Waals surface area contributed by atoms with E-state index in [9.17, 15) is 9.36 Å². The normalized spacial score (nSPS) is 13.3. The highest BCUT2D eigenvalue weighted by molar-refractivity contribution is 7.46. The first kappa shape index (κ1) is 25.8. The lowest BCUT2D eigenvalue weighted by molar-refractivity contribution is -0.132. The Morgan fingerprint density at radius 1 is 1.00 bits per heavy atom.